The first-order chi connectivity index (χ1) is 14.5. The molecule has 2 heterocycles. The molecule has 3 aliphatic rings. The lowest BCUT2D eigenvalue weighted by molar-refractivity contribution is -0.146. The summed E-state index contributed by atoms with van der Waals surface area (Å²) in [6, 6.07) is 4.45. The average molecular weight is 426 g/mol. The third-order valence-electron chi connectivity index (χ3n) is 8.07. The monoisotopic (exact) mass is 425 g/mol. The normalized spacial score (nSPS) is 28.0. The zero-order chi connectivity index (χ0) is 22.4. The van der Waals surface area contributed by atoms with Gasteiger partial charge in [-0.1, -0.05) is 27.7 Å². The van der Waals surface area contributed by atoms with Gasteiger partial charge in [0, 0.05) is 48.8 Å². The van der Waals surface area contributed by atoms with Crippen LogP contribution < -0.4 is 5.32 Å². The summed E-state index contributed by atoms with van der Waals surface area (Å²) in [5, 5.41) is 3.08. The van der Waals surface area contributed by atoms with Crippen LogP contribution in [0.1, 0.15) is 96.7 Å². The lowest BCUT2D eigenvalue weighted by Gasteiger charge is -2.53. The van der Waals surface area contributed by atoms with Gasteiger partial charge in [-0.15, -0.1) is 0 Å². The first kappa shape index (κ1) is 22.3. The van der Waals surface area contributed by atoms with Crippen LogP contribution in [0.5, 0.6) is 0 Å². The molecule has 0 atom stereocenters. The van der Waals surface area contributed by atoms with E-state index in [1.807, 2.05) is 13.1 Å². The van der Waals surface area contributed by atoms with Crippen molar-refractivity contribution >= 4 is 11.8 Å². The highest BCUT2D eigenvalue weighted by molar-refractivity contribution is 5.82. The number of nitrogens with zero attached hydrogens (tertiary/aromatic N) is 2. The number of hydrogen-bond donors (Lipinski definition) is 1. The van der Waals surface area contributed by atoms with Gasteiger partial charge in [0.05, 0.1) is 0 Å². The maximum atomic E-state index is 13.0. The summed E-state index contributed by atoms with van der Waals surface area (Å²) >= 11 is 0. The number of piperidine rings is 1. The predicted molar refractivity (Wildman–Crippen MR) is 123 cm³/mol. The smallest absolute Gasteiger partial charge is 0.225 e. The van der Waals surface area contributed by atoms with E-state index in [2.05, 4.69) is 55.0 Å². The van der Waals surface area contributed by atoms with E-state index in [0.29, 0.717) is 23.7 Å². The zero-order valence-corrected chi connectivity index (χ0v) is 20.0. The Morgan fingerprint density at radius 1 is 1.16 bits per heavy atom. The van der Waals surface area contributed by atoms with Crippen LogP contribution in [0, 0.1) is 11.3 Å². The van der Waals surface area contributed by atoms with Gasteiger partial charge >= 0.3 is 0 Å². The third kappa shape index (κ3) is 4.51. The predicted octanol–water partition coefficient (Wildman–Crippen LogP) is 4.56. The lowest BCUT2D eigenvalue weighted by Crippen LogP contribution is -2.59. The fraction of sp³-hybridized carbons (Fsp3) is 0.731. The van der Waals surface area contributed by atoms with Crippen LogP contribution in [0.3, 0.4) is 0 Å². The van der Waals surface area contributed by atoms with Crippen molar-refractivity contribution in [1.82, 2.24) is 15.2 Å². The molecule has 1 aromatic heterocycles. The molecule has 3 fully saturated rings. The Morgan fingerprint density at radius 2 is 1.81 bits per heavy atom. The number of pyridine rings is 1. The summed E-state index contributed by atoms with van der Waals surface area (Å²) in [7, 11) is 0. The van der Waals surface area contributed by atoms with Crippen LogP contribution in [-0.2, 0) is 15.0 Å². The van der Waals surface area contributed by atoms with Crippen LogP contribution in [0.15, 0.2) is 18.3 Å². The van der Waals surface area contributed by atoms with Crippen molar-refractivity contribution in [2.75, 3.05) is 13.1 Å². The summed E-state index contributed by atoms with van der Waals surface area (Å²) in [4.78, 5) is 31.4. The molecular formula is C26H39N3O2. The van der Waals surface area contributed by atoms with Gasteiger partial charge in [0.25, 0.3) is 0 Å². The van der Waals surface area contributed by atoms with Crippen molar-refractivity contribution < 1.29 is 9.59 Å². The summed E-state index contributed by atoms with van der Waals surface area (Å²) in [5.74, 6) is 1.03. The Morgan fingerprint density at radius 3 is 2.39 bits per heavy atom. The van der Waals surface area contributed by atoms with E-state index in [4.69, 9.17) is 0 Å². The molecule has 2 amide bonds. The molecule has 5 heteroatoms. The second kappa shape index (κ2) is 7.90. The van der Waals surface area contributed by atoms with Crippen molar-refractivity contribution in [3.8, 4) is 0 Å². The zero-order valence-electron chi connectivity index (χ0n) is 20.0. The van der Waals surface area contributed by atoms with E-state index < -0.39 is 0 Å². The van der Waals surface area contributed by atoms with E-state index in [1.165, 1.54) is 24.1 Å². The molecule has 2 saturated carbocycles. The Kier molecular flexibility index (Phi) is 5.68. The largest absolute Gasteiger partial charge is 0.351 e. The van der Waals surface area contributed by atoms with Gasteiger partial charge in [0.15, 0.2) is 0 Å². The molecule has 0 unspecified atom stereocenters. The van der Waals surface area contributed by atoms with E-state index in [9.17, 15) is 9.59 Å². The first-order valence-electron chi connectivity index (χ1n) is 12.1. The minimum atomic E-state index is -0.194. The van der Waals surface area contributed by atoms with E-state index >= 15 is 0 Å². The second-order valence-electron chi connectivity index (χ2n) is 11.7. The van der Waals surface area contributed by atoms with E-state index in [0.717, 1.165) is 38.8 Å². The van der Waals surface area contributed by atoms with Gasteiger partial charge in [-0.2, -0.15) is 0 Å². The van der Waals surface area contributed by atoms with Gasteiger partial charge in [0.2, 0.25) is 11.8 Å². The molecule has 1 spiro atoms. The van der Waals surface area contributed by atoms with Crippen molar-refractivity contribution in [3.05, 3.63) is 29.6 Å². The van der Waals surface area contributed by atoms with Gasteiger partial charge < -0.3 is 10.2 Å². The number of carbonyl (C=O) groups excluding carboxylic acids is 2. The summed E-state index contributed by atoms with van der Waals surface area (Å²) < 4.78 is 0. The fourth-order valence-corrected chi connectivity index (χ4v) is 5.93. The van der Waals surface area contributed by atoms with E-state index in [-0.39, 0.29) is 22.8 Å². The molecule has 5 nitrogen and oxygen atoms in total. The third-order valence-corrected chi connectivity index (χ3v) is 8.07. The molecule has 1 aliphatic heterocycles. The number of rotatable bonds is 4. The molecular weight excluding hydrogens is 386 g/mol. The molecule has 0 radical (unpaired) electrons. The Labute approximate surface area is 187 Å². The molecule has 170 valence electrons. The van der Waals surface area contributed by atoms with Crippen LogP contribution >= 0.6 is 0 Å². The number of aromatic nitrogens is 1. The van der Waals surface area contributed by atoms with Crippen molar-refractivity contribution in [2.45, 2.75) is 96.4 Å². The summed E-state index contributed by atoms with van der Waals surface area (Å²) in [6.45, 7) is 12.5. The highest BCUT2D eigenvalue weighted by Crippen LogP contribution is 2.56. The molecule has 1 saturated heterocycles. The summed E-state index contributed by atoms with van der Waals surface area (Å²) in [5.41, 5.74) is 2.98. The Hall–Kier alpha value is -1.91. The molecule has 2 aliphatic carbocycles. The van der Waals surface area contributed by atoms with Crippen LogP contribution in [-0.4, -0.2) is 40.3 Å². The highest BCUT2D eigenvalue weighted by atomic mass is 16.2. The van der Waals surface area contributed by atoms with Crippen LogP contribution in [0.25, 0.3) is 0 Å². The fourth-order valence-electron chi connectivity index (χ4n) is 5.93. The number of likely N-dealkylation sites (tertiary alicyclic amines) is 1. The molecule has 1 aromatic rings. The van der Waals surface area contributed by atoms with Gasteiger partial charge in [0.1, 0.15) is 0 Å². The Balaban J connectivity index is 1.26. The number of nitrogens with one attached hydrogen (secondary N) is 1. The second-order valence-corrected chi connectivity index (χ2v) is 11.7. The minimum absolute atomic E-state index is 0.0784. The van der Waals surface area contributed by atoms with Crippen LogP contribution in [0.2, 0.25) is 0 Å². The molecule has 4 rings (SSSR count). The average Bonchev–Trinajstić information content (AvgIpc) is 2.69. The maximum absolute atomic E-state index is 13.0. The first-order valence-corrected chi connectivity index (χ1v) is 12.1. The van der Waals surface area contributed by atoms with Crippen molar-refractivity contribution in [3.63, 3.8) is 0 Å². The number of amides is 2. The molecule has 0 aromatic carbocycles. The molecule has 1 N–H and O–H groups in total. The topological polar surface area (TPSA) is 62.3 Å². The molecule has 0 bridgehead atoms. The number of hydrogen-bond acceptors (Lipinski definition) is 3. The molecule has 31 heavy (non-hydrogen) atoms. The lowest BCUT2D eigenvalue weighted by atomic mass is 9.56. The van der Waals surface area contributed by atoms with Gasteiger partial charge in [-0.3, -0.25) is 14.6 Å². The summed E-state index contributed by atoms with van der Waals surface area (Å²) in [6.07, 6.45) is 8.67. The van der Waals surface area contributed by atoms with Gasteiger partial charge in [-0.05, 0) is 74.0 Å². The SMILES string of the molecule is CCC(=O)NC1(C)CC(C(=O)N2CCC3(CC2)CC(c2cc(C(C)(C)C)ccn2)C3)C1. The van der Waals surface area contributed by atoms with E-state index in [1.54, 1.807) is 0 Å². The van der Waals surface area contributed by atoms with Crippen molar-refractivity contribution in [2.24, 2.45) is 11.3 Å². The minimum Gasteiger partial charge on any atom is -0.351 e. The standard InChI is InChI=1S/C26H39N3O2/c1-6-22(30)28-25(5)14-19(15-25)23(31)29-11-8-26(9-12-29)16-18(17-26)21-13-20(7-10-27-21)24(2,3)4/h7,10,13,18-19H,6,8-9,11-12,14-17H2,1-5H3,(H,28,30). The maximum Gasteiger partial charge on any atom is 0.225 e. The van der Waals surface area contributed by atoms with Gasteiger partial charge in [-0.25, -0.2) is 0 Å². The number of carbonyl (C=O) groups is 2. The highest BCUT2D eigenvalue weighted by Gasteiger charge is 2.50. The Bertz CT molecular complexity index is 834. The quantitative estimate of drug-likeness (QED) is 0.769. The van der Waals surface area contributed by atoms with Crippen LogP contribution in [0.4, 0.5) is 0 Å². The van der Waals surface area contributed by atoms with Crippen molar-refractivity contribution in [1.29, 1.82) is 0 Å².